The number of hydrogen-bond donors (Lipinski definition) is 2. The molecule has 2 rings (SSSR count). The van der Waals surface area contributed by atoms with Crippen molar-refractivity contribution in [3.05, 3.63) is 23.2 Å². The van der Waals surface area contributed by atoms with E-state index in [-0.39, 0.29) is 25.2 Å². The summed E-state index contributed by atoms with van der Waals surface area (Å²) < 4.78 is 28.0. The van der Waals surface area contributed by atoms with Crippen molar-refractivity contribution in [2.75, 3.05) is 31.8 Å². The van der Waals surface area contributed by atoms with Gasteiger partial charge >= 0.3 is 0 Å². The molecule has 23 heavy (non-hydrogen) atoms. The summed E-state index contributed by atoms with van der Waals surface area (Å²) in [5, 5.41) is 6.08. The van der Waals surface area contributed by atoms with Crippen molar-refractivity contribution in [1.29, 1.82) is 0 Å². The Morgan fingerprint density at radius 3 is 2.43 bits per heavy atom. The van der Waals surface area contributed by atoms with Crippen molar-refractivity contribution in [2.24, 2.45) is 0 Å². The van der Waals surface area contributed by atoms with Crippen LogP contribution < -0.4 is 15.4 Å². The molecule has 0 unspecified atom stereocenters. The molecule has 0 saturated carbocycles. The molecule has 0 spiro atoms. The number of rotatable bonds is 4. The van der Waals surface area contributed by atoms with Crippen LogP contribution in [-0.4, -0.2) is 45.5 Å². The summed E-state index contributed by atoms with van der Waals surface area (Å²) in [6.45, 7) is 0.980. The summed E-state index contributed by atoms with van der Waals surface area (Å²) in [5.74, 6) is -0.0305. The van der Waals surface area contributed by atoms with Gasteiger partial charge in [0.05, 0.1) is 12.1 Å². The maximum absolute atomic E-state index is 12.6. The molecule has 0 bridgehead atoms. The van der Waals surface area contributed by atoms with Gasteiger partial charge in [-0.2, -0.15) is 0 Å². The summed E-state index contributed by atoms with van der Waals surface area (Å²) >= 11 is 6.02. The van der Waals surface area contributed by atoms with Crippen LogP contribution in [0.25, 0.3) is 0 Å². The lowest BCUT2D eigenvalue weighted by atomic mass is 9.95. The molecule has 1 heterocycles. The van der Waals surface area contributed by atoms with Gasteiger partial charge in [-0.25, -0.2) is 8.42 Å². The molecule has 0 radical (unpaired) electrons. The van der Waals surface area contributed by atoms with Gasteiger partial charge in [0.1, 0.15) is 5.75 Å². The molecule has 130 valence electrons. The molecule has 0 aromatic heterocycles. The van der Waals surface area contributed by atoms with Crippen molar-refractivity contribution in [3.8, 4) is 5.75 Å². The van der Waals surface area contributed by atoms with E-state index in [1.165, 1.54) is 13.2 Å². The number of hydrogen-bond acceptors (Lipinski definition) is 5. The Labute approximate surface area is 147 Å². The minimum absolute atomic E-state index is 0. The van der Waals surface area contributed by atoms with Gasteiger partial charge < -0.3 is 15.4 Å². The fraction of sp³-hybridized carbons (Fsp3) is 0.500. The third kappa shape index (κ3) is 4.09. The number of benzene rings is 1. The highest BCUT2D eigenvalue weighted by atomic mass is 35.5. The first-order chi connectivity index (χ1) is 10.3. The first-order valence-electron chi connectivity index (χ1n) is 6.85. The summed E-state index contributed by atoms with van der Waals surface area (Å²) in [4.78, 5) is 12.6. The monoisotopic (exact) mass is 382 g/mol. The predicted octanol–water partition coefficient (Wildman–Crippen LogP) is 1.88. The van der Waals surface area contributed by atoms with Crippen molar-refractivity contribution >= 4 is 45.4 Å². The fourth-order valence-electron chi connectivity index (χ4n) is 2.59. The smallest absolute Gasteiger partial charge is 0.245 e. The average molecular weight is 383 g/mol. The zero-order valence-corrected chi connectivity index (χ0v) is 15.3. The molecule has 1 amide bonds. The van der Waals surface area contributed by atoms with Crippen LogP contribution in [0.4, 0.5) is 5.69 Å². The molecule has 9 heteroatoms. The molecule has 1 saturated heterocycles. The quantitative estimate of drug-likeness (QED) is 0.830. The Morgan fingerprint density at radius 2 is 1.96 bits per heavy atom. The van der Waals surface area contributed by atoms with Crippen LogP contribution >= 0.6 is 24.0 Å². The molecule has 2 N–H and O–H groups in total. The number of anilines is 1. The third-order valence-corrected chi connectivity index (χ3v) is 6.25. The maximum Gasteiger partial charge on any atom is 0.245 e. The lowest BCUT2D eigenvalue weighted by Gasteiger charge is -2.34. The Hall–Kier alpha value is -1.02. The Bertz CT molecular complexity index is 673. The zero-order valence-electron chi connectivity index (χ0n) is 12.9. The third-order valence-electron chi connectivity index (χ3n) is 3.94. The molecule has 1 fully saturated rings. The molecular formula is C14H20Cl2N2O4S. The van der Waals surface area contributed by atoms with E-state index in [2.05, 4.69) is 10.6 Å². The van der Waals surface area contributed by atoms with Gasteiger partial charge in [0, 0.05) is 11.9 Å². The highest BCUT2D eigenvalue weighted by Gasteiger charge is 2.48. The molecule has 1 aromatic rings. The van der Waals surface area contributed by atoms with Crippen LogP contribution in [0.15, 0.2) is 18.2 Å². The number of sulfone groups is 1. The number of carbonyl (C=O) groups is 1. The fourth-order valence-corrected chi connectivity index (χ4v) is 4.18. The van der Waals surface area contributed by atoms with E-state index in [0.717, 1.165) is 6.26 Å². The lowest BCUT2D eigenvalue weighted by Crippen LogP contribution is -2.55. The van der Waals surface area contributed by atoms with Gasteiger partial charge in [-0.15, -0.1) is 12.4 Å². The largest absolute Gasteiger partial charge is 0.495 e. The normalized spacial score (nSPS) is 17.0. The van der Waals surface area contributed by atoms with Crippen LogP contribution in [0.3, 0.4) is 0 Å². The van der Waals surface area contributed by atoms with Crippen molar-refractivity contribution in [3.63, 3.8) is 0 Å². The zero-order chi connectivity index (χ0) is 16.4. The van der Waals surface area contributed by atoms with Crippen LogP contribution in [0.1, 0.15) is 12.8 Å². The van der Waals surface area contributed by atoms with Crippen molar-refractivity contribution in [2.45, 2.75) is 17.6 Å². The van der Waals surface area contributed by atoms with Crippen LogP contribution in [0, 0.1) is 0 Å². The van der Waals surface area contributed by atoms with Gasteiger partial charge in [0.2, 0.25) is 5.91 Å². The molecule has 0 aliphatic carbocycles. The van der Waals surface area contributed by atoms with Gasteiger partial charge in [0.25, 0.3) is 0 Å². The second-order valence-electron chi connectivity index (χ2n) is 5.32. The van der Waals surface area contributed by atoms with Crippen molar-refractivity contribution in [1.82, 2.24) is 5.32 Å². The number of ether oxygens (including phenoxy) is 1. The lowest BCUT2D eigenvalue weighted by molar-refractivity contribution is -0.119. The van der Waals surface area contributed by atoms with Gasteiger partial charge in [-0.3, -0.25) is 4.79 Å². The summed E-state index contributed by atoms with van der Waals surface area (Å²) in [7, 11) is -2.05. The van der Waals surface area contributed by atoms with Crippen molar-refractivity contribution < 1.29 is 17.9 Å². The van der Waals surface area contributed by atoms with Gasteiger partial charge in [-0.05, 0) is 44.1 Å². The maximum atomic E-state index is 12.6. The van der Waals surface area contributed by atoms with Gasteiger partial charge in [-0.1, -0.05) is 11.6 Å². The topological polar surface area (TPSA) is 84.5 Å². The van der Waals surface area contributed by atoms with Gasteiger partial charge in [0.15, 0.2) is 14.6 Å². The van der Waals surface area contributed by atoms with Crippen LogP contribution in [0.5, 0.6) is 5.75 Å². The Balaban J connectivity index is 0.00000264. The molecule has 6 nitrogen and oxygen atoms in total. The molecule has 1 aromatic carbocycles. The number of carbonyl (C=O) groups excluding carboxylic acids is 1. The molecule has 0 atom stereocenters. The SMILES string of the molecule is COc1ccc(NC(=O)C2(S(C)(=O)=O)CCNCC2)cc1Cl.Cl. The van der Waals surface area contributed by atoms with Crippen LogP contribution in [-0.2, 0) is 14.6 Å². The molecule has 1 aliphatic heterocycles. The number of halogens is 2. The number of nitrogens with one attached hydrogen (secondary N) is 2. The summed E-state index contributed by atoms with van der Waals surface area (Å²) in [5.41, 5.74) is 0.442. The number of piperidine rings is 1. The second kappa shape index (κ2) is 7.70. The Morgan fingerprint density at radius 1 is 1.35 bits per heavy atom. The summed E-state index contributed by atoms with van der Waals surface area (Å²) in [6.07, 6.45) is 1.61. The standard InChI is InChI=1S/C14H19ClN2O4S.ClH/c1-21-12-4-3-10(9-11(12)15)17-13(18)14(22(2,19)20)5-7-16-8-6-14;/h3-4,9,16H,5-8H2,1-2H3,(H,17,18);1H. The average Bonchev–Trinajstić information content (AvgIpc) is 2.47. The highest BCUT2D eigenvalue weighted by molar-refractivity contribution is 7.92. The van der Waals surface area contributed by atoms with E-state index in [1.54, 1.807) is 12.1 Å². The van der Waals surface area contributed by atoms with Crippen LogP contribution in [0.2, 0.25) is 5.02 Å². The van der Waals surface area contributed by atoms with E-state index in [9.17, 15) is 13.2 Å². The predicted molar refractivity (Wildman–Crippen MR) is 93.6 cm³/mol. The molecular weight excluding hydrogens is 363 g/mol. The Kier molecular flexibility index (Phi) is 6.70. The number of amides is 1. The van der Waals surface area contributed by atoms with E-state index < -0.39 is 20.5 Å². The first-order valence-corrected chi connectivity index (χ1v) is 9.12. The van der Waals surface area contributed by atoms with E-state index in [1.807, 2.05) is 0 Å². The second-order valence-corrected chi connectivity index (χ2v) is 8.05. The minimum atomic E-state index is -3.54. The van der Waals surface area contributed by atoms with E-state index in [0.29, 0.717) is 29.5 Å². The molecule has 1 aliphatic rings. The van der Waals surface area contributed by atoms with E-state index >= 15 is 0 Å². The first kappa shape index (κ1) is 20.0. The van der Waals surface area contributed by atoms with E-state index in [4.69, 9.17) is 16.3 Å². The number of methoxy groups -OCH3 is 1. The minimum Gasteiger partial charge on any atom is -0.495 e. The summed E-state index contributed by atoms with van der Waals surface area (Å²) in [6, 6.07) is 4.78. The highest BCUT2D eigenvalue weighted by Crippen LogP contribution is 2.31.